The molecule has 0 aromatic heterocycles. The Labute approximate surface area is 110 Å². The SMILES string of the molecule is O=C(Nc1cccc([N+](=O)[O-])c1)OC1CCCCC1. The number of carbonyl (C=O) groups is 1. The lowest BCUT2D eigenvalue weighted by molar-refractivity contribution is -0.384. The van der Waals surface area contributed by atoms with Gasteiger partial charge in [-0.25, -0.2) is 4.79 Å². The summed E-state index contributed by atoms with van der Waals surface area (Å²) in [4.78, 5) is 21.8. The van der Waals surface area contributed by atoms with E-state index in [-0.39, 0.29) is 11.8 Å². The lowest BCUT2D eigenvalue weighted by Gasteiger charge is -2.21. The first-order valence-electron chi connectivity index (χ1n) is 6.37. The minimum absolute atomic E-state index is 0.0348. The van der Waals surface area contributed by atoms with Crippen molar-refractivity contribution in [3.8, 4) is 0 Å². The number of non-ortho nitro benzene ring substituents is 1. The number of nitro benzene ring substituents is 1. The van der Waals surface area contributed by atoms with Gasteiger partial charge in [-0.2, -0.15) is 0 Å². The van der Waals surface area contributed by atoms with E-state index < -0.39 is 11.0 Å². The molecule has 0 spiro atoms. The Kier molecular flexibility index (Phi) is 4.33. The van der Waals surface area contributed by atoms with Crippen molar-refractivity contribution >= 4 is 17.5 Å². The maximum Gasteiger partial charge on any atom is 0.411 e. The number of nitrogens with one attached hydrogen (secondary N) is 1. The maximum atomic E-state index is 11.7. The van der Waals surface area contributed by atoms with Gasteiger partial charge in [-0.3, -0.25) is 15.4 Å². The van der Waals surface area contributed by atoms with E-state index in [0.29, 0.717) is 5.69 Å². The highest BCUT2D eigenvalue weighted by atomic mass is 16.6. The maximum absolute atomic E-state index is 11.7. The van der Waals surface area contributed by atoms with Crippen molar-refractivity contribution in [2.75, 3.05) is 5.32 Å². The molecule has 1 aromatic carbocycles. The fraction of sp³-hybridized carbons (Fsp3) is 0.462. The van der Waals surface area contributed by atoms with Crippen LogP contribution in [0.2, 0.25) is 0 Å². The Hall–Kier alpha value is -2.11. The molecule has 1 saturated carbocycles. The number of anilines is 1. The molecule has 0 bridgehead atoms. The first kappa shape index (κ1) is 13.3. The van der Waals surface area contributed by atoms with E-state index >= 15 is 0 Å². The fourth-order valence-corrected chi connectivity index (χ4v) is 2.18. The number of hydrogen-bond acceptors (Lipinski definition) is 4. The van der Waals surface area contributed by atoms with E-state index in [0.717, 1.165) is 25.7 Å². The second-order valence-corrected chi connectivity index (χ2v) is 4.60. The molecule has 6 heteroatoms. The van der Waals surface area contributed by atoms with Crippen LogP contribution in [0, 0.1) is 10.1 Å². The summed E-state index contributed by atoms with van der Waals surface area (Å²) in [6, 6.07) is 5.79. The average Bonchev–Trinajstić information content (AvgIpc) is 2.40. The number of hydrogen-bond donors (Lipinski definition) is 1. The van der Waals surface area contributed by atoms with Crippen LogP contribution in [-0.4, -0.2) is 17.1 Å². The van der Waals surface area contributed by atoms with Crippen LogP contribution in [0.15, 0.2) is 24.3 Å². The van der Waals surface area contributed by atoms with E-state index in [2.05, 4.69) is 5.32 Å². The zero-order valence-corrected chi connectivity index (χ0v) is 10.5. The number of benzene rings is 1. The van der Waals surface area contributed by atoms with E-state index in [1.807, 2.05) is 0 Å². The van der Waals surface area contributed by atoms with Crippen LogP contribution in [0.4, 0.5) is 16.2 Å². The Balaban J connectivity index is 1.90. The zero-order chi connectivity index (χ0) is 13.7. The molecule has 0 aliphatic heterocycles. The molecule has 1 aromatic rings. The van der Waals surface area contributed by atoms with E-state index in [1.165, 1.54) is 24.6 Å². The lowest BCUT2D eigenvalue weighted by Crippen LogP contribution is -2.24. The molecule has 1 N–H and O–H groups in total. The summed E-state index contributed by atoms with van der Waals surface area (Å²) in [5.41, 5.74) is 0.311. The Morgan fingerprint density at radius 3 is 2.74 bits per heavy atom. The van der Waals surface area contributed by atoms with Crippen molar-refractivity contribution < 1.29 is 14.5 Å². The van der Waals surface area contributed by atoms with Crippen molar-refractivity contribution in [2.24, 2.45) is 0 Å². The Bertz CT molecular complexity index is 469. The molecule has 1 fully saturated rings. The predicted molar refractivity (Wildman–Crippen MR) is 70.1 cm³/mol. The third-order valence-electron chi connectivity index (χ3n) is 3.13. The molecular weight excluding hydrogens is 248 g/mol. The number of nitrogens with zero attached hydrogens (tertiary/aromatic N) is 1. The number of ether oxygens (including phenoxy) is 1. The summed E-state index contributed by atoms with van der Waals surface area (Å²) in [5.74, 6) is 0. The van der Waals surface area contributed by atoms with Gasteiger partial charge in [-0.1, -0.05) is 12.5 Å². The minimum Gasteiger partial charge on any atom is -0.446 e. The smallest absolute Gasteiger partial charge is 0.411 e. The molecule has 0 atom stereocenters. The standard InChI is InChI=1S/C13H16N2O4/c16-13(19-12-7-2-1-3-8-12)14-10-5-4-6-11(9-10)15(17)18/h4-6,9,12H,1-3,7-8H2,(H,14,16). The first-order chi connectivity index (χ1) is 9.15. The van der Waals surface area contributed by atoms with Gasteiger partial charge in [-0.05, 0) is 31.7 Å². The van der Waals surface area contributed by atoms with Crippen molar-refractivity contribution in [3.63, 3.8) is 0 Å². The average molecular weight is 264 g/mol. The van der Waals surface area contributed by atoms with Crippen molar-refractivity contribution in [1.29, 1.82) is 0 Å². The second-order valence-electron chi connectivity index (χ2n) is 4.60. The van der Waals surface area contributed by atoms with Crippen molar-refractivity contribution in [2.45, 2.75) is 38.2 Å². The van der Waals surface area contributed by atoms with Gasteiger partial charge in [0.05, 0.1) is 10.6 Å². The van der Waals surface area contributed by atoms with Gasteiger partial charge in [-0.15, -0.1) is 0 Å². The predicted octanol–water partition coefficient (Wildman–Crippen LogP) is 3.48. The van der Waals surface area contributed by atoms with Crippen LogP contribution >= 0.6 is 0 Å². The third-order valence-corrected chi connectivity index (χ3v) is 3.13. The van der Waals surface area contributed by atoms with E-state index in [9.17, 15) is 14.9 Å². The molecule has 0 heterocycles. The highest BCUT2D eigenvalue weighted by molar-refractivity contribution is 5.85. The second kappa shape index (κ2) is 6.17. The van der Waals surface area contributed by atoms with Gasteiger partial charge >= 0.3 is 6.09 Å². The van der Waals surface area contributed by atoms with Crippen LogP contribution in [0.25, 0.3) is 0 Å². The molecule has 1 amide bonds. The van der Waals surface area contributed by atoms with E-state index in [1.54, 1.807) is 6.07 Å². The summed E-state index contributed by atoms with van der Waals surface area (Å²) < 4.78 is 5.28. The highest BCUT2D eigenvalue weighted by Crippen LogP contribution is 2.21. The molecule has 19 heavy (non-hydrogen) atoms. The van der Waals surface area contributed by atoms with Gasteiger partial charge < -0.3 is 4.74 Å². The summed E-state index contributed by atoms with van der Waals surface area (Å²) in [7, 11) is 0. The molecule has 0 saturated heterocycles. The highest BCUT2D eigenvalue weighted by Gasteiger charge is 2.18. The molecular formula is C13H16N2O4. The molecule has 0 radical (unpaired) electrons. The van der Waals surface area contributed by atoms with Crippen LogP contribution in [-0.2, 0) is 4.74 Å². The van der Waals surface area contributed by atoms with Crippen LogP contribution in [0.5, 0.6) is 0 Å². The largest absolute Gasteiger partial charge is 0.446 e. The summed E-state index contributed by atoms with van der Waals surface area (Å²) in [6.07, 6.45) is 4.54. The van der Waals surface area contributed by atoms with Crippen molar-refractivity contribution in [3.05, 3.63) is 34.4 Å². The molecule has 102 valence electrons. The fourth-order valence-electron chi connectivity index (χ4n) is 2.18. The monoisotopic (exact) mass is 264 g/mol. The van der Waals surface area contributed by atoms with Crippen molar-refractivity contribution in [1.82, 2.24) is 0 Å². The summed E-state index contributed by atoms with van der Waals surface area (Å²) in [5, 5.41) is 13.1. The van der Waals surface area contributed by atoms with E-state index in [4.69, 9.17) is 4.74 Å². The summed E-state index contributed by atoms with van der Waals surface area (Å²) >= 11 is 0. The quantitative estimate of drug-likeness (QED) is 0.669. The molecule has 2 rings (SSSR count). The number of nitro groups is 1. The Morgan fingerprint density at radius 1 is 1.32 bits per heavy atom. The van der Waals surface area contributed by atoms with Gasteiger partial charge in [0.2, 0.25) is 0 Å². The van der Waals surface area contributed by atoms with Crippen LogP contribution < -0.4 is 5.32 Å². The van der Waals surface area contributed by atoms with Gasteiger partial charge in [0.1, 0.15) is 6.10 Å². The topological polar surface area (TPSA) is 81.5 Å². The van der Waals surface area contributed by atoms with Gasteiger partial charge in [0.25, 0.3) is 5.69 Å². The number of rotatable bonds is 3. The zero-order valence-electron chi connectivity index (χ0n) is 10.5. The summed E-state index contributed by atoms with van der Waals surface area (Å²) in [6.45, 7) is 0. The van der Waals surface area contributed by atoms with Crippen LogP contribution in [0.1, 0.15) is 32.1 Å². The lowest BCUT2D eigenvalue weighted by atomic mass is 9.98. The molecule has 1 aliphatic rings. The first-order valence-corrected chi connectivity index (χ1v) is 6.37. The molecule has 0 unspecified atom stereocenters. The molecule has 1 aliphatic carbocycles. The minimum atomic E-state index is -0.549. The van der Waals surface area contributed by atoms with Gasteiger partial charge in [0, 0.05) is 12.1 Å². The molecule has 6 nitrogen and oxygen atoms in total. The normalized spacial score (nSPS) is 15.8. The van der Waals surface area contributed by atoms with Gasteiger partial charge in [0.15, 0.2) is 0 Å². The number of amides is 1. The number of carbonyl (C=O) groups excluding carboxylic acids is 1. The third kappa shape index (κ3) is 3.94. The van der Waals surface area contributed by atoms with Crippen LogP contribution in [0.3, 0.4) is 0 Å². The Morgan fingerprint density at radius 2 is 2.05 bits per heavy atom.